The summed E-state index contributed by atoms with van der Waals surface area (Å²) >= 11 is 1.41. The smallest absolute Gasteiger partial charge is 0.324 e. The monoisotopic (exact) mass is 899 g/mol. The number of nitrogens with two attached hydrogens (primary N) is 1. The number of rotatable bonds is 8. The van der Waals surface area contributed by atoms with Gasteiger partial charge in [0, 0.05) is 72.7 Å². The molecule has 0 unspecified atom stereocenters. The van der Waals surface area contributed by atoms with Gasteiger partial charge in [-0.25, -0.2) is 15.2 Å². The Morgan fingerprint density at radius 1 is 1.16 bits per heavy atom. The maximum Gasteiger partial charge on any atom is 0.324 e. The predicted octanol–water partition coefficient (Wildman–Crippen LogP) is 5.67. The summed E-state index contributed by atoms with van der Waals surface area (Å²) in [6.07, 6.45) is 3.20. The minimum atomic E-state index is -1.09. The summed E-state index contributed by atoms with van der Waals surface area (Å²) in [6.45, 7) is 17.2. The van der Waals surface area contributed by atoms with Gasteiger partial charge in [-0.1, -0.05) is 33.8 Å². The van der Waals surface area contributed by atoms with Crippen LogP contribution in [0.3, 0.4) is 0 Å². The van der Waals surface area contributed by atoms with Crippen LogP contribution < -0.4 is 16.5 Å². The van der Waals surface area contributed by atoms with Crippen molar-refractivity contribution >= 4 is 46.1 Å². The molecule has 0 spiro atoms. The maximum absolute atomic E-state index is 14.6. The summed E-state index contributed by atoms with van der Waals surface area (Å²) in [5, 5.41) is 8.11. The Balaban J connectivity index is 1.29. The van der Waals surface area contributed by atoms with Crippen LogP contribution in [0.5, 0.6) is 0 Å². The number of aryl methyl sites for hydroxylation is 1. The van der Waals surface area contributed by atoms with Gasteiger partial charge in [-0.15, -0.1) is 11.3 Å². The van der Waals surface area contributed by atoms with E-state index >= 15 is 0 Å². The lowest BCUT2D eigenvalue weighted by molar-refractivity contribution is -0.155. The molecular formula is C47H65N9O7S. The quantitative estimate of drug-likeness (QED) is 0.185. The van der Waals surface area contributed by atoms with Crippen molar-refractivity contribution in [3.8, 4) is 22.5 Å². The van der Waals surface area contributed by atoms with Gasteiger partial charge in [0.1, 0.15) is 23.8 Å². The van der Waals surface area contributed by atoms with Gasteiger partial charge >= 0.3 is 12.0 Å². The van der Waals surface area contributed by atoms with Crippen LogP contribution in [0, 0.1) is 11.3 Å². The van der Waals surface area contributed by atoms with E-state index in [0.717, 1.165) is 44.7 Å². The number of hydrogen-bond acceptors (Lipinski definition) is 12. The Kier molecular flexibility index (Phi) is 13.9. The molecule has 6 heterocycles. The van der Waals surface area contributed by atoms with Crippen molar-refractivity contribution in [3.05, 3.63) is 58.2 Å². The summed E-state index contributed by atoms with van der Waals surface area (Å²) in [6, 6.07) is 6.86. The first-order valence-corrected chi connectivity index (χ1v) is 23.3. The molecule has 4 aromatic rings. The number of esters is 1. The van der Waals surface area contributed by atoms with E-state index in [1.165, 1.54) is 21.2 Å². The molecule has 0 aliphatic carbocycles. The number of nitrogens with one attached hydrogen (secondary N) is 2. The fourth-order valence-corrected chi connectivity index (χ4v) is 10.4. The van der Waals surface area contributed by atoms with Gasteiger partial charge in [-0.3, -0.25) is 29.3 Å². The fraction of sp³-hybridized carbons (Fsp3) is 0.574. The number of likely N-dealkylation sites (N-methyl/N-ethyl adjacent to an activating group) is 1. The van der Waals surface area contributed by atoms with Crippen LogP contribution in [-0.2, 0) is 48.0 Å². The van der Waals surface area contributed by atoms with Crippen molar-refractivity contribution in [2.45, 2.75) is 124 Å². The highest BCUT2D eigenvalue weighted by Crippen LogP contribution is 2.42. The number of hydrogen-bond donors (Lipinski definition) is 3. The molecule has 4 N–H and O–H groups in total. The molecule has 4 amide bonds. The molecule has 17 heteroatoms. The van der Waals surface area contributed by atoms with Crippen LogP contribution in [-0.4, -0.2) is 124 Å². The van der Waals surface area contributed by atoms with Crippen molar-refractivity contribution in [2.24, 2.45) is 17.1 Å². The molecular weight excluding hydrogens is 835 g/mol. The molecule has 0 saturated carbocycles. The molecule has 6 bridgehead atoms. The van der Waals surface area contributed by atoms with Crippen LogP contribution in [0.2, 0.25) is 0 Å². The second-order valence-electron chi connectivity index (χ2n) is 18.9. The van der Waals surface area contributed by atoms with Crippen LogP contribution >= 0.6 is 11.3 Å². The third-order valence-corrected chi connectivity index (χ3v) is 13.6. The van der Waals surface area contributed by atoms with Gasteiger partial charge in [0.05, 0.1) is 54.1 Å². The molecule has 3 aromatic heterocycles. The van der Waals surface area contributed by atoms with Gasteiger partial charge in [0.15, 0.2) is 0 Å². The Morgan fingerprint density at radius 3 is 2.62 bits per heavy atom. The highest BCUT2D eigenvalue weighted by atomic mass is 32.1. The van der Waals surface area contributed by atoms with Crippen LogP contribution in [0.25, 0.3) is 33.4 Å². The topological polar surface area (TPSA) is 186 Å². The average molecular weight is 900 g/mol. The molecule has 2 saturated heterocycles. The van der Waals surface area contributed by atoms with Gasteiger partial charge in [0.2, 0.25) is 5.91 Å². The Bertz CT molecular complexity index is 2380. The molecule has 2 fully saturated rings. The Morgan fingerprint density at radius 2 is 1.92 bits per heavy atom. The summed E-state index contributed by atoms with van der Waals surface area (Å²) < 4.78 is 19.9. The molecule has 3 aliphatic rings. The van der Waals surface area contributed by atoms with E-state index < -0.39 is 53.0 Å². The lowest BCUT2D eigenvalue weighted by Crippen LogP contribution is -2.69. The second-order valence-corrected chi connectivity index (χ2v) is 19.9. The lowest BCUT2D eigenvalue weighted by Gasteiger charge is -2.48. The Hall–Kier alpha value is -4.94. The van der Waals surface area contributed by atoms with Crippen LogP contribution in [0.4, 0.5) is 4.79 Å². The van der Waals surface area contributed by atoms with Gasteiger partial charge < -0.3 is 34.7 Å². The van der Waals surface area contributed by atoms with Gasteiger partial charge in [-0.2, -0.15) is 0 Å². The van der Waals surface area contributed by atoms with Crippen LogP contribution in [0.15, 0.2) is 41.9 Å². The van der Waals surface area contributed by atoms with E-state index in [1.54, 1.807) is 32.2 Å². The largest absolute Gasteiger partial charge is 0.464 e. The fourth-order valence-electron chi connectivity index (χ4n) is 9.53. The molecule has 16 nitrogen and oxygen atoms in total. The minimum absolute atomic E-state index is 0.0753. The molecule has 0 radical (unpaired) electrons. The minimum Gasteiger partial charge on any atom is -0.464 e. The SMILES string of the molecule is CCn1c(-c2cccnc2[C@H](C)OC)c2c3cc(ccc31)-c1csc(n1)C[C@H](NC(=O)[C@H](C(C)C)N(C)C(=O)N1[C@H](C)COC[C@@]1(C)N)C(=O)N1CCC[C@H](N1)C(=O)OCC(C)(C)C2. The van der Waals surface area contributed by atoms with Crippen molar-refractivity contribution in [1.29, 1.82) is 0 Å². The van der Waals surface area contributed by atoms with Gasteiger partial charge in [0.25, 0.3) is 5.91 Å². The number of morpholine rings is 1. The summed E-state index contributed by atoms with van der Waals surface area (Å²) in [5.74, 6) is -1.71. The number of ether oxygens (including phenoxy) is 3. The first-order valence-electron chi connectivity index (χ1n) is 22.4. The number of nitrogens with zero attached hydrogens (tertiary/aromatic N) is 6. The Labute approximate surface area is 380 Å². The third kappa shape index (κ3) is 9.41. The van der Waals surface area contributed by atoms with Crippen molar-refractivity contribution in [2.75, 3.05) is 40.5 Å². The standard InChI is InChI=1S/C47H65N9O7S/c1-11-54-37-17-16-30-20-32(37)33(41(54)31-14-12-18-49-39(31)29(5)61-10)22-46(6,7)25-63-44(59)34-15-13-19-55(52-34)43(58)35(21-38-50-36(30)24-64-38)51-42(57)40(27(2)3)53(9)45(60)56-28(4)23-62-26-47(56,8)48/h12,14,16-18,20,24,27-29,34-35,40,52H,11,13,15,19,21-23,25-26,48H2,1-10H3,(H,51,57)/t28-,29+,34+,35+,40+,47+/m1/s1. The highest BCUT2D eigenvalue weighted by molar-refractivity contribution is 7.10. The molecule has 6 atom stereocenters. The number of urea groups is 1. The van der Waals surface area contributed by atoms with Crippen molar-refractivity contribution in [3.63, 3.8) is 0 Å². The zero-order chi connectivity index (χ0) is 46.2. The molecule has 64 heavy (non-hydrogen) atoms. The number of benzene rings is 1. The molecule has 1 aromatic carbocycles. The number of pyridine rings is 1. The highest BCUT2D eigenvalue weighted by Gasteiger charge is 2.44. The molecule has 3 aliphatic heterocycles. The van der Waals surface area contributed by atoms with E-state index in [9.17, 15) is 19.2 Å². The number of fused-ring (bicyclic) bond motifs is 6. The van der Waals surface area contributed by atoms with E-state index in [0.29, 0.717) is 44.0 Å². The number of hydrazine groups is 1. The predicted molar refractivity (Wildman–Crippen MR) is 246 cm³/mol. The maximum atomic E-state index is 14.6. The lowest BCUT2D eigenvalue weighted by atomic mass is 9.84. The van der Waals surface area contributed by atoms with E-state index in [1.807, 2.05) is 39.1 Å². The number of thiazole rings is 1. The molecule has 346 valence electrons. The second kappa shape index (κ2) is 18.9. The summed E-state index contributed by atoms with van der Waals surface area (Å²) in [7, 11) is 3.27. The number of methoxy groups -OCH3 is 1. The van der Waals surface area contributed by atoms with Crippen molar-refractivity contribution < 1.29 is 33.4 Å². The number of amides is 4. The average Bonchev–Trinajstić information content (AvgIpc) is 3.85. The third-order valence-electron chi connectivity index (χ3n) is 12.7. The molecule has 7 rings (SSSR count). The number of carbonyl (C=O) groups is 4. The first-order chi connectivity index (χ1) is 30.3. The summed E-state index contributed by atoms with van der Waals surface area (Å²) in [4.78, 5) is 70.0. The number of aromatic nitrogens is 3. The zero-order valence-electron chi connectivity index (χ0n) is 38.9. The van der Waals surface area contributed by atoms with Gasteiger partial charge in [-0.05, 0) is 82.7 Å². The summed E-state index contributed by atoms with van der Waals surface area (Å²) in [5.41, 5.74) is 14.7. The normalized spacial score (nSPS) is 24.0. The van der Waals surface area contributed by atoms with Crippen molar-refractivity contribution in [1.82, 2.24) is 40.1 Å². The number of carbonyl (C=O) groups excluding carboxylic acids is 4. The van der Waals surface area contributed by atoms with E-state index in [2.05, 4.69) is 60.3 Å². The van der Waals surface area contributed by atoms with E-state index in [4.69, 9.17) is 29.9 Å². The van der Waals surface area contributed by atoms with Crippen LogP contribution in [0.1, 0.15) is 90.6 Å². The first kappa shape index (κ1) is 47.0. The number of cyclic esters (lactones) is 1. The van der Waals surface area contributed by atoms with E-state index in [-0.39, 0.29) is 37.7 Å². The zero-order valence-corrected chi connectivity index (χ0v) is 39.7.